The zero-order valence-electron chi connectivity index (χ0n) is 90.9. The van der Waals surface area contributed by atoms with Crippen LogP contribution in [-0.4, -0.2) is 265 Å². The van der Waals surface area contributed by atoms with Crippen LogP contribution in [0.3, 0.4) is 0 Å². The van der Waals surface area contributed by atoms with Gasteiger partial charge in [0.1, 0.15) is 42.3 Å². The average molecular weight is 2120 g/mol. The van der Waals surface area contributed by atoms with E-state index in [4.69, 9.17) is 0 Å². The Morgan fingerprint density at radius 2 is 0.453 bits per heavy atom. The molecule has 0 spiro atoms. The van der Waals surface area contributed by atoms with Gasteiger partial charge in [0, 0.05) is 141 Å². The molecular formula is C104H174N16Na4O24. The van der Waals surface area contributed by atoms with Crippen LogP contribution in [-0.2, 0) is 91.1 Å². The number of hydrogen-bond acceptors (Lipinski definition) is 24. The van der Waals surface area contributed by atoms with Crippen molar-refractivity contribution in [1.82, 2.24) is 83.4 Å². The zero-order valence-corrected chi connectivity index (χ0v) is 98.9. The molecule has 4 aliphatic rings. The first-order valence-corrected chi connectivity index (χ1v) is 54.7. The van der Waals surface area contributed by atoms with Gasteiger partial charge in [-0.3, -0.25) is 71.9 Å². The molecule has 44 heteroatoms. The molecule has 0 aromatic heterocycles. The van der Waals surface area contributed by atoms with Crippen LogP contribution in [0.5, 0.6) is 0 Å². The number of ketones is 1. The van der Waals surface area contributed by atoms with Gasteiger partial charge >= 0.3 is 124 Å². The fourth-order valence-corrected chi connectivity index (χ4v) is 19.1. The molecular weight excluding hydrogens is 1950 g/mol. The standard InChI is InChI=1S/C104H178N16O24.4Na/c1-5-9-13-17-21-25-29-33-37-49-85(121)81-45-41-72-120(81)104(144)116-80(56-60-94(133)134)100(140)110-64-62-106-87(123)74-76(96(136)108-66-68-112-99(139)79(55-59-93(131)132)115-103(143)84-48-44-71-119(84)90(126)52-40-36-32-28-24-20-16-12-8-4)75(95(135)107-65-67-111-98(138)78(54-58-92(129)130)114-102(142)83-47-43-70-118(83)89(125)51-39-35-31-27-23-19-15-11-7-3)73-86(122)105-61-63-109-97(137)77(53-57-91(127)128)113-101(141)82-46-42-69-117(82)88(124)50-38-34-30-26-22-18-14-10-6-2;;;;/h75-84H,5-74H2,1-4H3,(H,105,122)(H,106,123)(H,107,135)(H,108,136)(H,109,137)(H,110,140)(H,111,138)(H,112,139)(H,113,141)(H,114,142)(H,115,143)(H,116,144)(H,127,128)(H,129,130)(H,131,132)(H,133,134);;;;/q;4*+1/p-4. The third-order valence-corrected chi connectivity index (χ3v) is 27.5. The molecule has 0 bridgehead atoms. The maximum atomic E-state index is 15.1. The van der Waals surface area contributed by atoms with Gasteiger partial charge in [0.25, 0.3) is 0 Å². The van der Waals surface area contributed by atoms with Gasteiger partial charge in [0.05, 0.1) is 17.9 Å². The molecule has 0 aliphatic carbocycles. The maximum Gasteiger partial charge on any atom is 1.00 e. The van der Waals surface area contributed by atoms with Crippen molar-refractivity contribution in [3.05, 3.63) is 0 Å². The van der Waals surface area contributed by atoms with Gasteiger partial charge in [0.15, 0.2) is 5.78 Å². The second-order valence-electron chi connectivity index (χ2n) is 39.3. The second-order valence-corrected chi connectivity index (χ2v) is 39.3. The molecule has 4 heterocycles. The fraction of sp³-hybridized carbons (Fsp3) is 0.808. The van der Waals surface area contributed by atoms with Crippen molar-refractivity contribution in [3.63, 3.8) is 0 Å². The Balaban J connectivity index is 0.0000540. The van der Waals surface area contributed by atoms with Gasteiger partial charge in [-0.15, -0.1) is 0 Å². The number of unbranched alkanes of at least 4 members (excludes halogenated alkanes) is 32. The number of nitrogens with zero attached hydrogens (tertiary/aromatic N) is 4. The van der Waals surface area contributed by atoms with E-state index in [-0.39, 0.29) is 213 Å². The molecule has 40 nitrogen and oxygen atoms in total. The summed E-state index contributed by atoms with van der Waals surface area (Å²) in [5.74, 6) is -20.9. The number of amides is 16. The smallest absolute Gasteiger partial charge is 0.550 e. The van der Waals surface area contributed by atoms with E-state index < -0.39 is 272 Å². The van der Waals surface area contributed by atoms with Crippen molar-refractivity contribution in [2.75, 3.05) is 78.5 Å². The van der Waals surface area contributed by atoms with Crippen molar-refractivity contribution in [1.29, 1.82) is 0 Å². The number of Topliss-reactive ketones (excluding diaryl/α,β-unsaturated/α-hetero) is 1. The number of carboxylic acids is 4. The largest absolute Gasteiger partial charge is 1.00 e. The maximum absolute atomic E-state index is 15.1. The van der Waals surface area contributed by atoms with Crippen LogP contribution >= 0.6 is 0 Å². The molecule has 4 rings (SSSR count). The second kappa shape index (κ2) is 86.7. The van der Waals surface area contributed by atoms with Crippen LogP contribution in [0.2, 0.25) is 0 Å². The topological polar surface area (TPSA) is 591 Å². The van der Waals surface area contributed by atoms with Gasteiger partial charge in [-0.1, -0.05) is 233 Å². The van der Waals surface area contributed by atoms with Gasteiger partial charge in [0.2, 0.25) is 82.7 Å². The molecule has 10 unspecified atom stereocenters. The van der Waals surface area contributed by atoms with Crippen LogP contribution in [0.1, 0.15) is 400 Å². The molecule has 0 aromatic rings. The van der Waals surface area contributed by atoms with E-state index in [0.717, 1.165) is 154 Å². The minimum atomic E-state index is -1.91. The number of urea groups is 1. The van der Waals surface area contributed by atoms with Gasteiger partial charge in [-0.2, -0.15) is 0 Å². The molecule has 12 N–H and O–H groups in total. The van der Waals surface area contributed by atoms with Crippen molar-refractivity contribution in [2.45, 2.75) is 448 Å². The predicted molar refractivity (Wildman–Crippen MR) is 532 cm³/mol. The number of hydrogen-bond donors (Lipinski definition) is 12. The molecule has 4 fully saturated rings. The minimum absolute atomic E-state index is 0. The minimum Gasteiger partial charge on any atom is -0.550 e. The van der Waals surface area contributed by atoms with E-state index in [1.165, 1.54) is 71.0 Å². The van der Waals surface area contributed by atoms with E-state index >= 15 is 9.59 Å². The predicted octanol–water partition coefficient (Wildman–Crippen LogP) is -7.71. The molecule has 0 radical (unpaired) electrons. The third-order valence-electron chi connectivity index (χ3n) is 27.5. The normalized spacial score (nSPS) is 16.2. The zero-order chi connectivity index (χ0) is 106. The number of rotatable bonds is 83. The van der Waals surface area contributed by atoms with Crippen LogP contribution in [0.15, 0.2) is 0 Å². The fourth-order valence-electron chi connectivity index (χ4n) is 19.1. The van der Waals surface area contributed by atoms with E-state index in [9.17, 15) is 107 Å². The quantitative estimate of drug-likeness (QED) is 0.0199. The summed E-state index contributed by atoms with van der Waals surface area (Å²) in [6, 6.07) is -10.5. The Morgan fingerprint density at radius 1 is 0.243 bits per heavy atom. The molecule has 148 heavy (non-hydrogen) atoms. The van der Waals surface area contributed by atoms with Crippen LogP contribution in [0.25, 0.3) is 0 Å². The third kappa shape index (κ3) is 60.9. The van der Waals surface area contributed by atoms with Crippen molar-refractivity contribution in [3.8, 4) is 0 Å². The summed E-state index contributed by atoms with van der Waals surface area (Å²) in [4.78, 5) is 279. The molecule has 16 amide bonds. The Labute approximate surface area is 966 Å². The van der Waals surface area contributed by atoms with E-state index in [1.807, 2.05) is 0 Å². The summed E-state index contributed by atoms with van der Waals surface area (Å²) in [6.07, 6.45) is 34.1. The first kappa shape index (κ1) is 141. The SMILES string of the molecule is CCCCCCCCCCCC(=O)C1CCCN1C(=O)NC(CCC(=O)[O-])C(=O)NCCNC(=O)CC(C(=O)NCCNC(=O)C(CCC(=O)[O-])NC(=O)C1CCCN1C(=O)CCCCCCCCCCC)C(CC(=O)NCCNC(=O)C(CCC(=O)[O-])NC(=O)C1CCCN1C(=O)CCCCCCCCCCC)C(=O)NCCNC(=O)C(CCC(=O)[O-])NC(=O)C1CCCN1C(=O)CCCCCCCCCCC.[Na+].[Na+].[Na+].[Na+]. The van der Waals surface area contributed by atoms with E-state index in [1.54, 1.807) is 0 Å². The van der Waals surface area contributed by atoms with Gasteiger partial charge < -0.3 is 123 Å². The number of nitrogens with one attached hydrogen (secondary N) is 12. The van der Waals surface area contributed by atoms with Crippen LogP contribution in [0.4, 0.5) is 4.79 Å². The van der Waals surface area contributed by atoms with Crippen molar-refractivity contribution >= 4 is 118 Å². The van der Waals surface area contributed by atoms with Crippen molar-refractivity contribution in [2.24, 2.45) is 11.8 Å². The molecule has 0 saturated carbocycles. The van der Waals surface area contributed by atoms with Crippen LogP contribution < -0.4 is 202 Å². The summed E-state index contributed by atoms with van der Waals surface area (Å²) < 4.78 is 0. The molecule has 10 atom stereocenters. The molecule has 0 aromatic carbocycles. The number of carbonyl (C=O) groups excluding carboxylic acids is 20. The summed E-state index contributed by atoms with van der Waals surface area (Å²) in [5, 5.41) is 78.2. The Morgan fingerprint density at radius 3 is 0.703 bits per heavy atom. The molecule has 818 valence electrons. The van der Waals surface area contributed by atoms with Crippen molar-refractivity contribution < 1.29 is 235 Å². The van der Waals surface area contributed by atoms with Gasteiger partial charge in [-0.25, -0.2) is 4.79 Å². The van der Waals surface area contributed by atoms with E-state index in [2.05, 4.69) is 91.5 Å². The molecule has 4 saturated heterocycles. The molecule has 4 aliphatic heterocycles. The monoisotopic (exact) mass is 2120 g/mol. The Bertz CT molecular complexity index is 3730. The van der Waals surface area contributed by atoms with Crippen LogP contribution in [0, 0.1) is 11.8 Å². The Kier molecular flexibility index (Phi) is 82.8. The summed E-state index contributed by atoms with van der Waals surface area (Å²) >= 11 is 0. The summed E-state index contributed by atoms with van der Waals surface area (Å²) in [7, 11) is 0. The van der Waals surface area contributed by atoms with E-state index in [0.29, 0.717) is 57.8 Å². The first-order valence-electron chi connectivity index (χ1n) is 54.7. The summed E-state index contributed by atoms with van der Waals surface area (Å²) in [5.41, 5.74) is 0. The first-order chi connectivity index (χ1) is 69.3. The number of carboxylic acid groups (broad SMARTS) is 4. The average Bonchev–Trinajstić information content (AvgIpc) is 1.75. The van der Waals surface area contributed by atoms with Gasteiger partial charge in [-0.05, 0) is 128 Å². The number of carbonyl (C=O) groups is 20. The number of likely N-dealkylation sites (tertiary alicyclic amines) is 4. The number of aliphatic carboxylic acids is 4. The summed E-state index contributed by atoms with van der Waals surface area (Å²) in [6.45, 7) is 5.88. The Hall–Kier alpha value is -6.60.